The van der Waals surface area contributed by atoms with E-state index < -0.39 is 0 Å². The maximum atomic E-state index is 12.5. The van der Waals surface area contributed by atoms with E-state index in [2.05, 4.69) is 15.4 Å². The van der Waals surface area contributed by atoms with Gasteiger partial charge in [0.15, 0.2) is 18.1 Å². The van der Waals surface area contributed by atoms with E-state index in [-0.39, 0.29) is 12.5 Å². The van der Waals surface area contributed by atoms with Crippen molar-refractivity contribution in [2.45, 2.75) is 6.92 Å². The van der Waals surface area contributed by atoms with Gasteiger partial charge < -0.3 is 19.5 Å². The van der Waals surface area contributed by atoms with Crippen LogP contribution < -0.4 is 19.5 Å². The second-order valence-electron chi connectivity index (χ2n) is 7.08. The molecular weight excluding hydrogens is 499 g/mol. The van der Waals surface area contributed by atoms with Gasteiger partial charge >= 0.3 is 0 Å². The molecule has 2 aromatic heterocycles. The molecule has 34 heavy (non-hydrogen) atoms. The number of carbonyl (C=O) groups excluding carboxylic acids is 1. The Morgan fingerprint density at radius 2 is 1.82 bits per heavy atom. The molecule has 4 aromatic rings. The highest BCUT2D eigenvalue weighted by molar-refractivity contribution is 7.12. The van der Waals surface area contributed by atoms with Crippen molar-refractivity contribution in [2.75, 3.05) is 26.1 Å². The minimum Gasteiger partial charge on any atom is -0.493 e. The van der Waals surface area contributed by atoms with Gasteiger partial charge in [0.05, 0.1) is 30.6 Å². The van der Waals surface area contributed by atoms with Crippen LogP contribution in [0.1, 0.15) is 5.69 Å². The summed E-state index contributed by atoms with van der Waals surface area (Å²) in [6.07, 6.45) is 0. The first kappa shape index (κ1) is 23.9. The summed E-state index contributed by atoms with van der Waals surface area (Å²) in [4.78, 5) is 17.2. The molecule has 0 unspecified atom stereocenters. The number of thiazole rings is 1. The first-order valence-corrected chi connectivity index (χ1v) is 11.6. The first-order chi connectivity index (χ1) is 16.4. The highest BCUT2D eigenvalue weighted by Crippen LogP contribution is 2.34. The number of aryl methyl sites for hydroxylation is 1. The van der Waals surface area contributed by atoms with E-state index >= 15 is 0 Å². The zero-order valence-electron chi connectivity index (χ0n) is 18.5. The van der Waals surface area contributed by atoms with Gasteiger partial charge in [-0.25, -0.2) is 4.98 Å². The number of amides is 1. The lowest BCUT2D eigenvalue weighted by atomic mass is 10.1. The minimum absolute atomic E-state index is 0.236. The molecule has 0 aliphatic heterocycles. The molecule has 0 radical (unpaired) electrons. The third kappa shape index (κ3) is 5.27. The quantitative estimate of drug-likeness (QED) is 0.324. The van der Waals surface area contributed by atoms with Crippen LogP contribution in [0.5, 0.6) is 17.2 Å². The number of halogens is 2. The van der Waals surface area contributed by atoms with Crippen LogP contribution in [0.25, 0.3) is 16.4 Å². The van der Waals surface area contributed by atoms with Crippen molar-refractivity contribution in [2.24, 2.45) is 0 Å². The molecule has 0 spiro atoms. The van der Waals surface area contributed by atoms with Crippen molar-refractivity contribution in [3.05, 3.63) is 63.6 Å². The standard InChI is InChI=1S/C23H20Cl2N4O4S/c1-13-8-21(27-22(30)11-33-18-7-5-15(24)10-16(18)25)29(28-13)23-26-17(12-34-23)14-4-6-19(31-2)20(9-14)32-3/h4-10,12H,11H2,1-3H3,(H,27,30). The van der Waals surface area contributed by atoms with Crippen LogP contribution in [0.15, 0.2) is 47.8 Å². The van der Waals surface area contributed by atoms with Crippen LogP contribution in [0, 0.1) is 6.92 Å². The zero-order valence-corrected chi connectivity index (χ0v) is 20.8. The lowest BCUT2D eigenvalue weighted by Crippen LogP contribution is -2.22. The van der Waals surface area contributed by atoms with Gasteiger partial charge in [0.1, 0.15) is 11.6 Å². The number of nitrogens with one attached hydrogen (secondary N) is 1. The largest absolute Gasteiger partial charge is 0.493 e. The number of nitrogens with zero attached hydrogens (tertiary/aromatic N) is 3. The average molecular weight is 519 g/mol. The average Bonchev–Trinajstić information content (AvgIpc) is 3.44. The van der Waals surface area contributed by atoms with Gasteiger partial charge in [0.2, 0.25) is 5.13 Å². The Kier molecular flexibility index (Phi) is 7.26. The van der Waals surface area contributed by atoms with E-state index in [0.717, 1.165) is 17.0 Å². The number of anilines is 1. The smallest absolute Gasteiger partial charge is 0.263 e. The lowest BCUT2D eigenvalue weighted by molar-refractivity contribution is -0.118. The monoisotopic (exact) mass is 518 g/mol. The van der Waals surface area contributed by atoms with Crippen LogP contribution in [-0.2, 0) is 4.79 Å². The summed E-state index contributed by atoms with van der Waals surface area (Å²) in [5.74, 6) is 1.71. The molecule has 8 nitrogen and oxygen atoms in total. The molecule has 176 valence electrons. The van der Waals surface area contributed by atoms with Crippen molar-refractivity contribution >= 4 is 46.3 Å². The number of rotatable bonds is 8. The summed E-state index contributed by atoms with van der Waals surface area (Å²) in [5.41, 5.74) is 2.33. The highest BCUT2D eigenvalue weighted by atomic mass is 35.5. The van der Waals surface area contributed by atoms with Crippen LogP contribution in [0.3, 0.4) is 0 Å². The summed E-state index contributed by atoms with van der Waals surface area (Å²) >= 11 is 13.4. The maximum absolute atomic E-state index is 12.5. The summed E-state index contributed by atoms with van der Waals surface area (Å²) in [6, 6.07) is 12.1. The summed E-state index contributed by atoms with van der Waals surface area (Å²) in [5, 5.41) is 10.6. The molecule has 0 saturated heterocycles. The summed E-state index contributed by atoms with van der Waals surface area (Å²) in [6.45, 7) is 1.60. The molecule has 0 atom stereocenters. The third-order valence-electron chi connectivity index (χ3n) is 4.70. The molecule has 1 amide bonds. The van der Waals surface area contributed by atoms with E-state index in [9.17, 15) is 4.79 Å². The van der Waals surface area contributed by atoms with Crippen LogP contribution in [0.4, 0.5) is 5.82 Å². The molecule has 1 N–H and O–H groups in total. The molecule has 2 heterocycles. The van der Waals surface area contributed by atoms with Crippen molar-refractivity contribution < 1.29 is 19.0 Å². The molecule has 0 bridgehead atoms. The van der Waals surface area contributed by atoms with E-state index in [1.165, 1.54) is 11.3 Å². The minimum atomic E-state index is -0.371. The van der Waals surface area contributed by atoms with Crippen molar-refractivity contribution in [3.63, 3.8) is 0 Å². The third-order valence-corrected chi connectivity index (χ3v) is 6.05. The normalized spacial score (nSPS) is 10.7. The number of ether oxygens (including phenoxy) is 3. The van der Waals surface area contributed by atoms with Crippen LogP contribution >= 0.6 is 34.5 Å². The van der Waals surface area contributed by atoms with Gasteiger partial charge in [-0.15, -0.1) is 11.3 Å². The summed E-state index contributed by atoms with van der Waals surface area (Å²) in [7, 11) is 3.17. The number of aromatic nitrogens is 3. The number of benzene rings is 2. The topological polar surface area (TPSA) is 87.5 Å². The maximum Gasteiger partial charge on any atom is 0.263 e. The fourth-order valence-electron chi connectivity index (χ4n) is 3.14. The second-order valence-corrected chi connectivity index (χ2v) is 8.76. The van der Waals surface area contributed by atoms with Gasteiger partial charge in [-0.1, -0.05) is 23.2 Å². The number of methoxy groups -OCH3 is 2. The van der Waals surface area contributed by atoms with Crippen LogP contribution in [-0.4, -0.2) is 41.5 Å². The Hall–Kier alpha value is -3.27. The van der Waals surface area contributed by atoms with Gasteiger partial charge in [-0.05, 0) is 43.3 Å². The fourth-order valence-corrected chi connectivity index (χ4v) is 4.40. The molecule has 2 aromatic carbocycles. The zero-order chi connectivity index (χ0) is 24.2. The Balaban J connectivity index is 1.50. The second kappa shape index (κ2) is 10.3. The SMILES string of the molecule is COc1ccc(-c2csc(-n3nc(C)cc3NC(=O)COc3ccc(Cl)cc3Cl)n2)cc1OC. The molecular formula is C23H20Cl2N4O4S. The van der Waals surface area contributed by atoms with Gasteiger partial charge in [0, 0.05) is 22.0 Å². The molecule has 0 saturated carbocycles. The van der Waals surface area contributed by atoms with Crippen molar-refractivity contribution in [1.82, 2.24) is 14.8 Å². The molecule has 0 fully saturated rings. The van der Waals surface area contributed by atoms with E-state index in [4.69, 9.17) is 37.4 Å². The molecule has 4 rings (SSSR count). The highest BCUT2D eigenvalue weighted by Gasteiger charge is 2.16. The Bertz CT molecular complexity index is 1340. The predicted octanol–water partition coefficient (Wildman–Crippen LogP) is 5.65. The fraction of sp³-hybridized carbons (Fsp3) is 0.174. The summed E-state index contributed by atoms with van der Waals surface area (Å²) < 4.78 is 17.8. The first-order valence-electron chi connectivity index (χ1n) is 10.0. The van der Waals surface area contributed by atoms with E-state index in [1.54, 1.807) is 43.2 Å². The van der Waals surface area contributed by atoms with E-state index in [0.29, 0.717) is 38.2 Å². The molecule has 11 heteroatoms. The van der Waals surface area contributed by atoms with Crippen molar-refractivity contribution in [3.8, 4) is 33.6 Å². The van der Waals surface area contributed by atoms with Gasteiger partial charge in [-0.3, -0.25) is 4.79 Å². The Morgan fingerprint density at radius 3 is 2.56 bits per heavy atom. The van der Waals surface area contributed by atoms with Crippen LogP contribution in [0.2, 0.25) is 10.0 Å². The number of hydrogen-bond donors (Lipinski definition) is 1. The van der Waals surface area contributed by atoms with Gasteiger partial charge in [0.25, 0.3) is 5.91 Å². The van der Waals surface area contributed by atoms with E-state index in [1.807, 2.05) is 30.5 Å². The Morgan fingerprint density at radius 1 is 1.06 bits per heavy atom. The Labute approximate surface area is 210 Å². The van der Waals surface area contributed by atoms with Gasteiger partial charge in [-0.2, -0.15) is 9.78 Å². The molecule has 0 aliphatic rings. The van der Waals surface area contributed by atoms with Crippen molar-refractivity contribution in [1.29, 1.82) is 0 Å². The molecule has 0 aliphatic carbocycles. The number of hydrogen-bond acceptors (Lipinski definition) is 7. The lowest BCUT2D eigenvalue weighted by Gasteiger charge is -2.09. The predicted molar refractivity (Wildman–Crippen MR) is 133 cm³/mol. The number of carbonyl (C=O) groups is 1.